The van der Waals surface area contributed by atoms with E-state index in [1.807, 2.05) is 6.07 Å². The van der Waals surface area contributed by atoms with Crippen molar-refractivity contribution in [1.29, 1.82) is 0 Å². The van der Waals surface area contributed by atoms with Gasteiger partial charge in [-0.05, 0) is 24.6 Å². The highest BCUT2D eigenvalue weighted by Gasteiger charge is 2.07. The number of anilines is 1. The maximum absolute atomic E-state index is 11.7. The lowest BCUT2D eigenvalue weighted by atomic mass is 10.2. The summed E-state index contributed by atoms with van der Waals surface area (Å²) in [6, 6.07) is 5.23. The molecule has 0 aliphatic carbocycles. The third-order valence-electron chi connectivity index (χ3n) is 2.16. The summed E-state index contributed by atoms with van der Waals surface area (Å²) in [4.78, 5) is 23.7. The molecule has 0 unspecified atom stereocenters. The summed E-state index contributed by atoms with van der Waals surface area (Å²) >= 11 is 5.78. The fraction of sp³-hybridized carbons (Fsp3) is 0.167. The van der Waals surface area contributed by atoms with E-state index >= 15 is 0 Å². The number of amides is 1. The van der Waals surface area contributed by atoms with Crippen LogP contribution in [0.15, 0.2) is 30.6 Å². The van der Waals surface area contributed by atoms with Gasteiger partial charge in [-0.1, -0.05) is 17.7 Å². The van der Waals surface area contributed by atoms with Crippen LogP contribution in [-0.4, -0.2) is 20.9 Å². The van der Waals surface area contributed by atoms with Crippen LogP contribution in [-0.2, 0) is 11.2 Å². The van der Waals surface area contributed by atoms with E-state index in [1.165, 1.54) is 0 Å². The van der Waals surface area contributed by atoms with E-state index in [0.29, 0.717) is 10.8 Å². The topological polar surface area (TPSA) is 67.8 Å². The second-order valence-electron chi connectivity index (χ2n) is 3.74. The minimum Gasteiger partial charge on any atom is -0.294 e. The number of nitrogens with one attached hydrogen (secondary N) is 1. The number of halogens is 1. The predicted octanol–water partition coefficient (Wildman–Crippen LogP) is 2.01. The van der Waals surface area contributed by atoms with Gasteiger partial charge in [0.15, 0.2) is 0 Å². The summed E-state index contributed by atoms with van der Waals surface area (Å²) in [5.74, 6) is 0.0126. The zero-order valence-corrected chi connectivity index (χ0v) is 10.5. The van der Waals surface area contributed by atoms with Crippen LogP contribution in [0.5, 0.6) is 0 Å². The van der Waals surface area contributed by atoms with Gasteiger partial charge in [-0.25, -0.2) is 9.97 Å². The van der Waals surface area contributed by atoms with Crippen LogP contribution in [0.2, 0.25) is 5.15 Å². The third kappa shape index (κ3) is 3.49. The molecule has 0 radical (unpaired) electrons. The lowest BCUT2D eigenvalue weighted by Crippen LogP contribution is -2.16. The normalized spacial score (nSPS) is 10.1. The molecule has 1 N–H and O–H groups in total. The van der Waals surface area contributed by atoms with Gasteiger partial charge in [0.05, 0.1) is 6.42 Å². The molecule has 0 atom stereocenters. The SMILES string of the molecule is Cc1cc(Cl)nc(NC(=O)Cc2cccnc2)n1. The molecule has 1 amide bonds. The highest BCUT2D eigenvalue weighted by Crippen LogP contribution is 2.10. The van der Waals surface area contributed by atoms with Crippen molar-refractivity contribution in [2.24, 2.45) is 0 Å². The van der Waals surface area contributed by atoms with Crippen molar-refractivity contribution in [2.45, 2.75) is 13.3 Å². The van der Waals surface area contributed by atoms with Crippen molar-refractivity contribution >= 4 is 23.5 Å². The highest BCUT2D eigenvalue weighted by molar-refractivity contribution is 6.29. The quantitative estimate of drug-likeness (QED) is 0.860. The second kappa shape index (κ2) is 5.55. The maximum atomic E-state index is 11.7. The fourth-order valence-corrected chi connectivity index (χ4v) is 1.68. The van der Waals surface area contributed by atoms with Crippen LogP contribution in [0.3, 0.4) is 0 Å². The lowest BCUT2D eigenvalue weighted by molar-refractivity contribution is -0.115. The van der Waals surface area contributed by atoms with Gasteiger partial charge < -0.3 is 0 Å². The summed E-state index contributed by atoms with van der Waals surface area (Å²) in [5, 5.41) is 2.90. The molecule has 0 saturated carbocycles. The van der Waals surface area contributed by atoms with Crippen molar-refractivity contribution in [3.8, 4) is 0 Å². The van der Waals surface area contributed by atoms with Crippen molar-refractivity contribution < 1.29 is 4.79 Å². The Morgan fingerprint density at radius 1 is 1.44 bits per heavy atom. The number of nitrogens with zero attached hydrogens (tertiary/aromatic N) is 3. The zero-order chi connectivity index (χ0) is 13.0. The molecule has 0 aromatic carbocycles. The molecule has 0 saturated heterocycles. The van der Waals surface area contributed by atoms with Gasteiger partial charge in [-0.2, -0.15) is 0 Å². The van der Waals surface area contributed by atoms with Gasteiger partial charge in [-0.3, -0.25) is 15.1 Å². The first-order chi connectivity index (χ1) is 8.63. The molecule has 2 rings (SSSR count). The summed E-state index contributed by atoms with van der Waals surface area (Å²) in [6.45, 7) is 1.78. The monoisotopic (exact) mass is 262 g/mol. The molecule has 2 aromatic heterocycles. The van der Waals surface area contributed by atoms with Gasteiger partial charge in [0.2, 0.25) is 11.9 Å². The number of hydrogen-bond donors (Lipinski definition) is 1. The van der Waals surface area contributed by atoms with Gasteiger partial charge in [-0.15, -0.1) is 0 Å². The first-order valence-electron chi connectivity index (χ1n) is 5.33. The van der Waals surface area contributed by atoms with Gasteiger partial charge in [0.25, 0.3) is 0 Å². The second-order valence-corrected chi connectivity index (χ2v) is 4.13. The van der Waals surface area contributed by atoms with Crippen LogP contribution < -0.4 is 5.32 Å². The summed E-state index contributed by atoms with van der Waals surface area (Å²) < 4.78 is 0. The molecular formula is C12H11ClN4O. The Morgan fingerprint density at radius 2 is 2.28 bits per heavy atom. The molecule has 0 spiro atoms. The van der Waals surface area contributed by atoms with Crippen LogP contribution in [0, 0.1) is 6.92 Å². The molecule has 92 valence electrons. The average Bonchev–Trinajstić information content (AvgIpc) is 2.28. The molecule has 0 fully saturated rings. The lowest BCUT2D eigenvalue weighted by Gasteiger charge is -2.04. The molecule has 0 aliphatic rings. The molecule has 5 nitrogen and oxygen atoms in total. The molecule has 0 bridgehead atoms. The molecule has 18 heavy (non-hydrogen) atoms. The minimum atomic E-state index is -0.204. The smallest absolute Gasteiger partial charge is 0.231 e. The largest absolute Gasteiger partial charge is 0.294 e. The number of aromatic nitrogens is 3. The summed E-state index contributed by atoms with van der Waals surface area (Å²) in [6.07, 6.45) is 3.53. The Bertz CT molecular complexity index is 539. The Balaban J connectivity index is 2.03. The standard InChI is InChI=1S/C12H11ClN4O/c1-8-5-10(13)16-12(15-8)17-11(18)6-9-3-2-4-14-7-9/h2-5,7H,6H2,1H3,(H,15,16,17,18). The van der Waals surface area contributed by atoms with E-state index < -0.39 is 0 Å². The molecular weight excluding hydrogens is 252 g/mol. The third-order valence-corrected chi connectivity index (χ3v) is 2.36. The van der Waals surface area contributed by atoms with E-state index in [9.17, 15) is 4.79 Å². The molecule has 6 heteroatoms. The summed E-state index contributed by atoms with van der Waals surface area (Å²) in [7, 11) is 0. The Morgan fingerprint density at radius 3 is 2.94 bits per heavy atom. The number of carbonyl (C=O) groups excluding carboxylic acids is 1. The van der Waals surface area contributed by atoms with E-state index in [2.05, 4.69) is 20.3 Å². The minimum absolute atomic E-state index is 0.204. The number of aryl methyl sites for hydroxylation is 1. The average molecular weight is 263 g/mol. The van der Waals surface area contributed by atoms with Crippen LogP contribution >= 0.6 is 11.6 Å². The van der Waals surface area contributed by atoms with Crippen LogP contribution in [0.25, 0.3) is 0 Å². The van der Waals surface area contributed by atoms with Gasteiger partial charge in [0, 0.05) is 18.1 Å². The van der Waals surface area contributed by atoms with Crippen LogP contribution in [0.4, 0.5) is 5.95 Å². The maximum Gasteiger partial charge on any atom is 0.231 e. The van der Waals surface area contributed by atoms with Gasteiger partial charge >= 0.3 is 0 Å². The first kappa shape index (κ1) is 12.4. The zero-order valence-electron chi connectivity index (χ0n) is 9.72. The van der Waals surface area contributed by atoms with E-state index in [4.69, 9.17) is 11.6 Å². The van der Waals surface area contributed by atoms with Gasteiger partial charge in [0.1, 0.15) is 5.15 Å². The van der Waals surface area contributed by atoms with Crippen molar-refractivity contribution in [1.82, 2.24) is 15.0 Å². The van der Waals surface area contributed by atoms with E-state index in [-0.39, 0.29) is 18.3 Å². The number of carbonyl (C=O) groups is 1. The summed E-state index contributed by atoms with van der Waals surface area (Å²) in [5.41, 5.74) is 1.53. The number of hydrogen-bond acceptors (Lipinski definition) is 4. The van der Waals surface area contributed by atoms with Crippen LogP contribution in [0.1, 0.15) is 11.3 Å². The Kier molecular flexibility index (Phi) is 3.84. The van der Waals surface area contributed by atoms with Crippen molar-refractivity contribution in [2.75, 3.05) is 5.32 Å². The Hall–Kier alpha value is -2.01. The Labute approximate surface area is 109 Å². The molecule has 0 aliphatic heterocycles. The molecule has 2 heterocycles. The van der Waals surface area contributed by atoms with E-state index in [1.54, 1.807) is 31.5 Å². The van der Waals surface area contributed by atoms with Crippen molar-refractivity contribution in [3.05, 3.63) is 47.0 Å². The fourth-order valence-electron chi connectivity index (χ4n) is 1.44. The number of rotatable bonds is 3. The number of pyridine rings is 1. The molecule has 2 aromatic rings. The first-order valence-corrected chi connectivity index (χ1v) is 5.71. The van der Waals surface area contributed by atoms with Crippen molar-refractivity contribution in [3.63, 3.8) is 0 Å². The highest BCUT2D eigenvalue weighted by atomic mass is 35.5. The predicted molar refractivity (Wildman–Crippen MR) is 68.3 cm³/mol. The van der Waals surface area contributed by atoms with E-state index in [0.717, 1.165) is 5.56 Å².